The summed E-state index contributed by atoms with van der Waals surface area (Å²) >= 11 is 5.47. The number of hydrogen-bond donors (Lipinski definition) is 0. The SMILES string of the molecule is Cc1cc(-c2ccccc2)n(-c2ccc(C(=O)Cl)cc2)n1. The first-order chi connectivity index (χ1) is 10.1. The number of carbonyl (C=O) groups is 1. The Kier molecular flexibility index (Phi) is 3.59. The Hall–Kier alpha value is -2.39. The van der Waals surface area contributed by atoms with Gasteiger partial charge >= 0.3 is 0 Å². The molecule has 3 rings (SSSR count). The molecule has 0 fully saturated rings. The summed E-state index contributed by atoms with van der Waals surface area (Å²) in [5.74, 6) is 0. The van der Waals surface area contributed by atoms with Crippen molar-refractivity contribution >= 4 is 16.8 Å². The maximum Gasteiger partial charge on any atom is 0.252 e. The van der Waals surface area contributed by atoms with Crippen molar-refractivity contribution in [1.82, 2.24) is 9.78 Å². The van der Waals surface area contributed by atoms with Crippen molar-refractivity contribution in [2.75, 3.05) is 0 Å². The highest BCUT2D eigenvalue weighted by molar-refractivity contribution is 6.67. The summed E-state index contributed by atoms with van der Waals surface area (Å²) in [5.41, 5.74) is 4.41. The van der Waals surface area contributed by atoms with E-state index >= 15 is 0 Å². The van der Waals surface area contributed by atoms with Gasteiger partial charge in [-0.3, -0.25) is 4.79 Å². The number of carbonyl (C=O) groups excluding carboxylic acids is 1. The van der Waals surface area contributed by atoms with Crippen LogP contribution in [0.5, 0.6) is 0 Å². The lowest BCUT2D eigenvalue weighted by atomic mass is 10.1. The Labute approximate surface area is 127 Å². The predicted molar refractivity (Wildman–Crippen MR) is 83.9 cm³/mol. The first kappa shape index (κ1) is 13.6. The fourth-order valence-electron chi connectivity index (χ4n) is 2.24. The minimum absolute atomic E-state index is 0.457. The third-order valence-electron chi connectivity index (χ3n) is 3.24. The fraction of sp³-hybridized carbons (Fsp3) is 0.0588. The molecule has 1 aromatic heterocycles. The van der Waals surface area contributed by atoms with E-state index in [1.54, 1.807) is 12.1 Å². The maximum atomic E-state index is 11.1. The molecular weight excluding hydrogens is 284 g/mol. The van der Waals surface area contributed by atoms with Crippen LogP contribution in [0, 0.1) is 6.92 Å². The lowest BCUT2D eigenvalue weighted by Crippen LogP contribution is -2.00. The number of aromatic nitrogens is 2. The van der Waals surface area contributed by atoms with Crippen molar-refractivity contribution in [2.45, 2.75) is 6.92 Å². The molecule has 0 bridgehead atoms. The summed E-state index contributed by atoms with van der Waals surface area (Å²) in [5, 5.41) is 4.07. The van der Waals surface area contributed by atoms with Crippen LogP contribution in [0.1, 0.15) is 16.1 Å². The summed E-state index contributed by atoms with van der Waals surface area (Å²) in [7, 11) is 0. The van der Waals surface area contributed by atoms with E-state index in [0.717, 1.165) is 22.6 Å². The first-order valence-corrected chi connectivity index (χ1v) is 6.95. The number of benzene rings is 2. The highest BCUT2D eigenvalue weighted by Crippen LogP contribution is 2.24. The van der Waals surface area contributed by atoms with E-state index in [1.165, 1.54) is 0 Å². The lowest BCUT2D eigenvalue weighted by molar-refractivity contribution is 0.108. The third-order valence-corrected chi connectivity index (χ3v) is 3.46. The normalized spacial score (nSPS) is 10.6. The molecule has 104 valence electrons. The Bertz CT molecular complexity index is 776. The van der Waals surface area contributed by atoms with Crippen LogP contribution in [0.3, 0.4) is 0 Å². The van der Waals surface area contributed by atoms with Crippen LogP contribution in [0.25, 0.3) is 16.9 Å². The molecule has 0 aliphatic carbocycles. The molecule has 0 aliphatic rings. The number of nitrogens with zero attached hydrogens (tertiary/aromatic N) is 2. The van der Waals surface area contributed by atoms with Gasteiger partial charge < -0.3 is 0 Å². The molecule has 0 unspecified atom stereocenters. The van der Waals surface area contributed by atoms with Crippen molar-refractivity contribution in [3.63, 3.8) is 0 Å². The average Bonchev–Trinajstić information content (AvgIpc) is 2.90. The molecule has 3 nitrogen and oxygen atoms in total. The van der Waals surface area contributed by atoms with Gasteiger partial charge in [-0.25, -0.2) is 4.68 Å². The van der Waals surface area contributed by atoms with Gasteiger partial charge in [0.25, 0.3) is 5.24 Å². The Balaban J connectivity index is 2.09. The molecule has 0 radical (unpaired) electrons. The summed E-state index contributed by atoms with van der Waals surface area (Å²) in [6.45, 7) is 1.96. The van der Waals surface area contributed by atoms with Gasteiger partial charge in [0.05, 0.1) is 17.1 Å². The van der Waals surface area contributed by atoms with E-state index in [1.807, 2.05) is 60.1 Å². The zero-order chi connectivity index (χ0) is 14.8. The van der Waals surface area contributed by atoms with E-state index < -0.39 is 5.24 Å². The Morgan fingerprint density at radius 3 is 2.33 bits per heavy atom. The van der Waals surface area contributed by atoms with E-state index in [9.17, 15) is 4.79 Å². The molecule has 0 spiro atoms. The van der Waals surface area contributed by atoms with Gasteiger partial charge in [0, 0.05) is 11.1 Å². The molecule has 0 amide bonds. The Morgan fingerprint density at radius 2 is 1.71 bits per heavy atom. The van der Waals surface area contributed by atoms with E-state index in [-0.39, 0.29) is 0 Å². The molecule has 2 aromatic carbocycles. The van der Waals surface area contributed by atoms with Crippen LogP contribution in [0.15, 0.2) is 60.7 Å². The summed E-state index contributed by atoms with van der Waals surface area (Å²) in [6, 6.07) is 19.2. The molecule has 3 aromatic rings. The lowest BCUT2D eigenvalue weighted by Gasteiger charge is -2.08. The largest absolute Gasteiger partial charge is 0.276 e. The average molecular weight is 297 g/mol. The molecule has 1 heterocycles. The third kappa shape index (κ3) is 2.73. The van der Waals surface area contributed by atoms with Crippen LogP contribution in [-0.4, -0.2) is 15.0 Å². The van der Waals surface area contributed by atoms with Gasteiger partial charge in [-0.1, -0.05) is 30.3 Å². The van der Waals surface area contributed by atoms with Crippen molar-refractivity contribution in [2.24, 2.45) is 0 Å². The van der Waals surface area contributed by atoms with E-state index in [0.29, 0.717) is 5.56 Å². The topological polar surface area (TPSA) is 34.9 Å². The Morgan fingerprint density at radius 1 is 1.05 bits per heavy atom. The zero-order valence-electron chi connectivity index (χ0n) is 11.5. The second-order valence-corrected chi connectivity index (χ2v) is 5.11. The second kappa shape index (κ2) is 5.54. The molecule has 0 saturated carbocycles. The minimum atomic E-state index is -0.457. The van der Waals surface area contributed by atoms with E-state index in [4.69, 9.17) is 11.6 Å². The van der Waals surface area contributed by atoms with Gasteiger partial charge in [-0.2, -0.15) is 5.10 Å². The number of rotatable bonds is 3. The second-order valence-electron chi connectivity index (χ2n) is 4.77. The van der Waals surface area contributed by atoms with Crippen LogP contribution < -0.4 is 0 Å². The molecule has 21 heavy (non-hydrogen) atoms. The van der Waals surface area contributed by atoms with Crippen LogP contribution in [-0.2, 0) is 0 Å². The van der Waals surface area contributed by atoms with Crippen molar-refractivity contribution < 1.29 is 4.79 Å². The number of halogens is 1. The van der Waals surface area contributed by atoms with E-state index in [2.05, 4.69) is 5.10 Å². The highest BCUT2D eigenvalue weighted by Gasteiger charge is 2.10. The van der Waals surface area contributed by atoms with Gasteiger partial charge in [-0.05, 0) is 48.9 Å². The van der Waals surface area contributed by atoms with Crippen LogP contribution >= 0.6 is 11.6 Å². The number of hydrogen-bond acceptors (Lipinski definition) is 2. The van der Waals surface area contributed by atoms with Crippen LogP contribution in [0.4, 0.5) is 0 Å². The molecule has 0 atom stereocenters. The highest BCUT2D eigenvalue weighted by atomic mass is 35.5. The zero-order valence-corrected chi connectivity index (χ0v) is 12.2. The smallest absolute Gasteiger partial charge is 0.252 e. The quantitative estimate of drug-likeness (QED) is 0.678. The fourth-order valence-corrected chi connectivity index (χ4v) is 2.37. The van der Waals surface area contributed by atoms with Gasteiger partial charge in [0.1, 0.15) is 0 Å². The molecular formula is C17H13ClN2O. The summed E-state index contributed by atoms with van der Waals surface area (Å²) in [4.78, 5) is 11.1. The molecule has 0 N–H and O–H groups in total. The monoisotopic (exact) mass is 296 g/mol. The van der Waals surface area contributed by atoms with Crippen molar-refractivity contribution in [1.29, 1.82) is 0 Å². The van der Waals surface area contributed by atoms with Gasteiger partial charge in [0.2, 0.25) is 0 Å². The molecule has 0 saturated heterocycles. The van der Waals surface area contributed by atoms with Gasteiger partial charge in [0.15, 0.2) is 0 Å². The maximum absolute atomic E-state index is 11.1. The molecule has 4 heteroatoms. The standard InChI is InChI=1S/C17H13ClN2O/c1-12-11-16(13-5-3-2-4-6-13)20(19-12)15-9-7-14(8-10-15)17(18)21/h2-11H,1H3. The number of aryl methyl sites for hydroxylation is 1. The summed E-state index contributed by atoms with van der Waals surface area (Å²) in [6.07, 6.45) is 0. The van der Waals surface area contributed by atoms with Crippen molar-refractivity contribution in [3.8, 4) is 16.9 Å². The predicted octanol–water partition coefficient (Wildman–Crippen LogP) is 4.23. The molecule has 0 aliphatic heterocycles. The van der Waals surface area contributed by atoms with Crippen LogP contribution in [0.2, 0.25) is 0 Å². The first-order valence-electron chi connectivity index (χ1n) is 6.57. The summed E-state index contributed by atoms with van der Waals surface area (Å²) < 4.78 is 1.87. The minimum Gasteiger partial charge on any atom is -0.276 e. The van der Waals surface area contributed by atoms with Crippen molar-refractivity contribution in [3.05, 3.63) is 71.9 Å². The van der Waals surface area contributed by atoms with Gasteiger partial charge in [-0.15, -0.1) is 0 Å².